The Balaban J connectivity index is 2.32. The maximum absolute atomic E-state index is 14.8. The standard InChI is InChI=1S/C21H22FN3O5S2/c1-13(24-31(27)21(2,3)4)18-16(22)11-14-12-17(20(26)30-5)25(19(14)23-18)32(28,29)15-9-7-6-8-10-15/h6-12H,1-5H3/b24-13+/t31-/m0/s1. The van der Waals surface area contributed by atoms with Gasteiger partial charge in [-0.25, -0.2) is 26.6 Å². The average molecular weight is 480 g/mol. The van der Waals surface area contributed by atoms with E-state index in [1.54, 1.807) is 26.8 Å². The van der Waals surface area contributed by atoms with Crippen LogP contribution >= 0.6 is 0 Å². The van der Waals surface area contributed by atoms with E-state index in [0.717, 1.165) is 17.1 Å². The number of benzene rings is 1. The third kappa shape index (κ3) is 4.41. The minimum absolute atomic E-state index is 0.0298. The van der Waals surface area contributed by atoms with Gasteiger partial charge in [-0.3, -0.25) is 0 Å². The smallest absolute Gasteiger partial charge is 0.355 e. The Kier molecular flexibility index (Phi) is 6.45. The second-order valence-electron chi connectivity index (χ2n) is 7.87. The fourth-order valence-electron chi connectivity index (χ4n) is 2.83. The molecule has 11 heteroatoms. The lowest BCUT2D eigenvalue weighted by Gasteiger charge is -2.18. The van der Waals surface area contributed by atoms with Crippen LogP contribution in [-0.2, 0) is 26.1 Å². The Morgan fingerprint density at radius 2 is 1.84 bits per heavy atom. The van der Waals surface area contributed by atoms with Crippen LogP contribution in [-0.4, -0.2) is 45.5 Å². The molecular weight excluding hydrogens is 457 g/mol. The zero-order valence-corrected chi connectivity index (χ0v) is 19.8. The molecule has 170 valence electrons. The highest BCUT2D eigenvalue weighted by Crippen LogP contribution is 2.27. The Labute approximate surface area is 188 Å². The topological polar surface area (TPSA) is 114 Å². The minimum atomic E-state index is -4.28. The summed E-state index contributed by atoms with van der Waals surface area (Å²) >= 11 is -1.68. The van der Waals surface area contributed by atoms with E-state index in [2.05, 4.69) is 9.38 Å². The van der Waals surface area contributed by atoms with Crippen LogP contribution < -0.4 is 0 Å². The number of hydrogen-bond acceptors (Lipinski definition) is 7. The van der Waals surface area contributed by atoms with Gasteiger partial charge in [-0.05, 0) is 52.0 Å². The van der Waals surface area contributed by atoms with Crippen molar-refractivity contribution in [3.63, 3.8) is 0 Å². The molecule has 0 amide bonds. The molecular formula is C21H22FN3O5S2. The number of ether oxygens (including phenoxy) is 1. The van der Waals surface area contributed by atoms with Crippen LogP contribution in [0, 0.1) is 5.82 Å². The first-order valence-corrected chi connectivity index (χ1v) is 12.0. The van der Waals surface area contributed by atoms with Crippen LogP contribution in [0.3, 0.4) is 0 Å². The highest BCUT2D eigenvalue weighted by atomic mass is 32.2. The first kappa shape index (κ1) is 23.9. The molecule has 0 saturated carbocycles. The molecule has 0 radical (unpaired) electrons. The first-order valence-electron chi connectivity index (χ1n) is 9.46. The Morgan fingerprint density at radius 3 is 2.41 bits per heavy atom. The zero-order valence-electron chi connectivity index (χ0n) is 18.1. The number of carbonyl (C=O) groups excluding carboxylic acids is 1. The summed E-state index contributed by atoms with van der Waals surface area (Å²) in [5, 5.41) is 0.0795. The van der Waals surface area contributed by atoms with Gasteiger partial charge in [0.15, 0.2) is 11.5 Å². The summed E-state index contributed by atoms with van der Waals surface area (Å²) in [4.78, 5) is 16.4. The molecule has 0 aliphatic rings. The molecule has 0 saturated heterocycles. The number of halogens is 1. The van der Waals surface area contributed by atoms with Crippen LogP contribution in [0.4, 0.5) is 4.39 Å². The summed E-state index contributed by atoms with van der Waals surface area (Å²) in [6.07, 6.45) is 0. The van der Waals surface area contributed by atoms with E-state index < -0.39 is 37.9 Å². The lowest BCUT2D eigenvalue weighted by Crippen LogP contribution is -2.27. The Hall–Kier alpha value is -2.76. The number of carbonyl (C=O) groups is 1. The number of pyridine rings is 1. The number of aromatic nitrogens is 2. The molecule has 2 heterocycles. The summed E-state index contributed by atoms with van der Waals surface area (Å²) in [6.45, 7) is 6.58. The second kappa shape index (κ2) is 8.64. The third-order valence-corrected chi connectivity index (χ3v) is 7.66. The second-order valence-corrected chi connectivity index (χ2v) is 11.6. The quantitative estimate of drug-likeness (QED) is 0.315. The Morgan fingerprint density at radius 1 is 1.22 bits per heavy atom. The molecule has 0 aliphatic heterocycles. The van der Waals surface area contributed by atoms with Crippen molar-refractivity contribution in [3.05, 3.63) is 59.7 Å². The molecule has 0 bridgehead atoms. The Bertz CT molecular complexity index is 1310. The molecule has 0 fully saturated rings. The number of esters is 1. The van der Waals surface area contributed by atoms with Crippen LogP contribution in [0.1, 0.15) is 43.9 Å². The molecule has 0 spiro atoms. The van der Waals surface area contributed by atoms with Crippen LogP contribution in [0.15, 0.2) is 51.8 Å². The summed E-state index contributed by atoms with van der Waals surface area (Å²) in [7, 11) is -3.17. The number of hydrogen-bond donors (Lipinski definition) is 0. The fraction of sp³-hybridized carbons (Fsp3) is 0.286. The first-order chi connectivity index (χ1) is 14.9. The van der Waals surface area contributed by atoms with E-state index in [1.807, 2.05) is 0 Å². The van der Waals surface area contributed by atoms with Gasteiger partial charge in [0, 0.05) is 5.39 Å². The van der Waals surface area contributed by atoms with Gasteiger partial charge in [0.25, 0.3) is 10.0 Å². The highest BCUT2D eigenvalue weighted by Gasteiger charge is 2.30. The molecule has 0 unspecified atom stereocenters. The molecule has 2 aromatic heterocycles. The van der Waals surface area contributed by atoms with E-state index in [-0.39, 0.29) is 33.0 Å². The van der Waals surface area contributed by atoms with E-state index in [4.69, 9.17) is 4.74 Å². The van der Waals surface area contributed by atoms with Gasteiger partial charge in [0.1, 0.15) is 33.2 Å². The van der Waals surface area contributed by atoms with Crippen molar-refractivity contribution in [3.8, 4) is 0 Å². The van der Waals surface area contributed by atoms with Crippen molar-refractivity contribution >= 4 is 44.1 Å². The molecule has 1 atom stereocenters. The predicted octanol–water partition coefficient (Wildman–Crippen LogP) is 3.47. The SMILES string of the molecule is COC(=O)c1cc2cc(F)c(/C(C)=N/[S@@+]([O-])C(C)(C)C)nc2n1S(=O)(=O)c1ccccc1. The van der Waals surface area contributed by atoms with E-state index in [9.17, 15) is 22.2 Å². The summed E-state index contributed by atoms with van der Waals surface area (Å²) in [5.41, 5.74) is -0.749. The highest BCUT2D eigenvalue weighted by molar-refractivity contribution is 7.91. The van der Waals surface area contributed by atoms with Gasteiger partial charge < -0.3 is 9.29 Å². The van der Waals surface area contributed by atoms with Crippen LogP contribution in [0.25, 0.3) is 11.0 Å². The van der Waals surface area contributed by atoms with Crippen molar-refractivity contribution in [2.24, 2.45) is 4.40 Å². The third-order valence-electron chi connectivity index (χ3n) is 4.45. The number of nitrogens with zero attached hydrogens (tertiary/aromatic N) is 3. The lowest BCUT2D eigenvalue weighted by molar-refractivity contribution is 0.0593. The summed E-state index contributed by atoms with van der Waals surface area (Å²) in [5.74, 6) is -1.72. The number of fused-ring (bicyclic) bond motifs is 1. The molecule has 0 aliphatic carbocycles. The van der Waals surface area contributed by atoms with Crippen molar-refractivity contribution in [2.75, 3.05) is 7.11 Å². The average Bonchev–Trinajstić information content (AvgIpc) is 3.11. The zero-order chi connectivity index (χ0) is 23.8. The van der Waals surface area contributed by atoms with E-state index in [0.29, 0.717) is 0 Å². The monoisotopic (exact) mass is 479 g/mol. The lowest BCUT2D eigenvalue weighted by atomic mass is 10.2. The molecule has 0 N–H and O–H groups in total. The van der Waals surface area contributed by atoms with E-state index >= 15 is 0 Å². The largest absolute Gasteiger partial charge is 0.591 e. The van der Waals surface area contributed by atoms with Crippen molar-refractivity contribution < 1.29 is 26.9 Å². The van der Waals surface area contributed by atoms with Gasteiger partial charge in [0.05, 0.1) is 12.0 Å². The molecule has 3 aromatic rings. The molecule has 8 nitrogen and oxygen atoms in total. The molecule has 1 aromatic carbocycles. The molecule has 3 rings (SSSR count). The van der Waals surface area contributed by atoms with Crippen LogP contribution in [0.5, 0.6) is 0 Å². The summed E-state index contributed by atoms with van der Waals surface area (Å²) in [6, 6.07) is 9.70. The normalized spacial score (nSPS) is 13.9. The maximum Gasteiger partial charge on any atom is 0.355 e. The van der Waals surface area contributed by atoms with Crippen molar-refractivity contribution in [1.29, 1.82) is 0 Å². The number of methoxy groups -OCH3 is 1. The van der Waals surface area contributed by atoms with Gasteiger partial charge in [-0.2, -0.15) is 0 Å². The fourth-order valence-corrected chi connectivity index (χ4v) is 4.91. The van der Waals surface area contributed by atoms with Gasteiger partial charge in [0.2, 0.25) is 0 Å². The van der Waals surface area contributed by atoms with Crippen molar-refractivity contribution in [2.45, 2.75) is 37.3 Å². The van der Waals surface area contributed by atoms with Gasteiger partial charge >= 0.3 is 5.97 Å². The van der Waals surface area contributed by atoms with Crippen LogP contribution in [0.2, 0.25) is 0 Å². The maximum atomic E-state index is 14.8. The predicted molar refractivity (Wildman–Crippen MR) is 120 cm³/mol. The van der Waals surface area contributed by atoms with Gasteiger partial charge in [-0.15, -0.1) is 0 Å². The summed E-state index contributed by atoms with van der Waals surface area (Å²) < 4.78 is 62.8. The van der Waals surface area contributed by atoms with E-state index in [1.165, 1.54) is 37.3 Å². The number of rotatable bonds is 5. The van der Waals surface area contributed by atoms with Gasteiger partial charge in [-0.1, -0.05) is 22.6 Å². The molecule has 32 heavy (non-hydrogen) atoms. The van der Waals surface area contributed by atoms with Crippen molar-refractivity contribution in [1.82, 2.24) is 8.96 Å². The minimum Gasteiger partial charge on any atom is -0.591 e.